The molecule has 0 aliphatic carbocycles. The molecule has 0 atom stereocenters. The van der Waals surface area contributed by atoms with Gasteiger partial charge < -0.3 is 4.74 Å². The van der Waals surface area contributed by atoms with Crippen LogP contribution in [0.2, 0.25) is 10.3 Å². The quantitative estimate of drug-likeness (QED) is 0.462. The maximum Gasteiger partial charge on any atom is 0.287 e. The average molecular weight is 365 g/mol. The number of nitro benzene ring substituents is 1. The highest BCUT2D eigenvalue weighted by molar-refractivity contribution is 9.10. The summed E-state index contributed by atoms with van der Waals surface area (Å²) in [4.78, 5) is 17.7. The van der Waals surface area contributed by atoms with Crippen molar-refractivity contribution in [2.45, 2.75) is 0 Å². The average Bonchev–Trinajstić information content (AvgIpc) is 2.36. The maximum atomic E-state index is 10.8. The van der Waals surface area contributed by atoms with Crippen molar-refractivity contribution in [3.8, 4) is 11.6 Å². The third kappa shape index (κ3) is 3.12. The van der Waals surface area contributed by atoms with E-state index in [2.05, 4.69) is 25.9 Å². The molecule has 0 spiro atoms. The highest BCUT2D eigenvalue weighted by Gasteiger charge is 2.17. The second kappa shape index (κ2) is 5.68. The Morgan fingerprint density at radius 3 is 2.79 bits per heavy atom. The van der Waals surface area contributed by atoms with Crippen molar-refractivity contribution in [3.05, 3.63) is 49.3 Å². The van der Waals surface area contributed by atoms with Crippen molar-refractivity contribution in [1.29, 1.82) is 0 Å². The maximum absolute atomic E-state index is 10.8. The number of hydrogen-bond acceptors (Lipinski definition) is 5. The highest BCUT2D eigenvalue weighted by Crippen LogP contribution is 2.37. The summed E-state index contributed by atoms with van der Waals surface area (Å²) in [6.07, 6.45) is 1.28. The zero-order valence-electron chi connectivity index (χ0n) is 9.01. The Labute approximate surface area is 125 Å². The monoisotopic (exact) mass is 363 g/mol. The molecule has 0 bridgehead atoms. The molecule has 0 fully saturated rings. The van der Waals surface area contributed by atoms with Crippen LogP contribution in [-0.2, 0) is 0 Å². The van der Waals surface area contributed by atoms with Crippen molar-refractivity contribution >= 4 is 44.8 Å². The summed E-state index contributed by atoms with van der Waals surface area (Å²) >= 11 is 14.6. The van der Waals surface area contributed by atoms with Crippen molar-refractivity contribution in [2.24, 2.45) is 0 Å². The molecule has 19 heavy (non-hydrogen) atoms. The molecule has 0 radical (unpaired) electrons. The lowest BCUT2D eigenvalue weighted by Gasteiger charge is -2.08. The van der Waals surface area contributed by atoms with Gasteiger partial charge in [-0.05, 0) is 33.6 Å². The summed E-state index contributed by atoms with van der Waals surface area (Å²) in [7, 11) is 0. The Morgan fingerprint density at radius 2 is 2.11 bits per heavy atom. The van der Waals surface area contributed by atoms with Gasteiger partial charge in [0, 0.05) is 6.07 Å². The topological polar surface area (TPSA) is 78.2 Å². The molecule has 0 aliphatic rings. The molecule has 6 nitrogen and oxygen atoms in total. The van der Waals surface area contributed by atoms with Gasteiger partial charge in [0.25, 0.3) is 5.69 Å². The molecule has 0 saturated heterocycles. The van der Waals surface area contributed by atoms with E-state index in [1.807, 2.05) is 0 Å². The fourth-order valence-corrected chi connectivity index (χ4v) is 1.97. The molecule has 1 aromatic heterocycles. The van der Waals surface area contributed by atoms with Gasteiger partial charge in [0.1, 0.15) is 9.50 Å². The minimum absolute atomic E-state index is 0.0165. The van der Waals surface area contributed by atoms with Crippen molar-refractivity contribution in [2.75, 3.05) is 0 Å². The van der Waals surface area contributed by atoms with E-state index >= 15 is 0 Å². The van der Waals surface area contributed by atoms with Crippen LogP contribution in [0.25, 0.3) is 0 Å². The van der Waals surface area contributed by atoms with Gasteiger partial charge in [-0.1, -0.05) is 17.7 Å². The number of benzene rings is 1. The number of aromatic nitrogens is 2. The predicted molar refractivity (Wildman–Crippen MR) is 72.9 cm³/mol. The fraction of sp³-hybridized carbons (Fsp3) is 0. The number of nitro groups is 1. The third-order valence-corrected chi connectivity index (χ3v) is 3.27. The standard InChI is InChI=1S/C10H4BrCl2N3O3/c11-8-6(16(17)18)2-1-3-7(8)19-9-5(12)4-14-10(13)15-9/h1-4H. The van der Waals surface area contributed by atoms with Crippen LogP contribution in [0.3, 0.4) is 0 Å². The molecule has 0 amide bonds. The number of hydrogen-bond donors (Lipinski definition) is 0. The van der Waals surface area contributed by atoms with Crippen molar-refractivity contribution < 1.29 is 9.66 Å². The molecule has 0 aliphatic heterocycles. The number of nitrogens with zero attached hydrogens (tertiary/aromatic N) is 3. The van der Waals surface area contributed by atoms with Crippen molar-refractivity contribution in [1.82, 2.24) is 9.97 Å². The van der Waals surface area contributed by atoms with Crippen LogP contribution in [0.5, 0.6) is 11.6 Å². The largest absolute Gasteiger partial charge is 0.436 e. The van der Waals surface area contributed by atoms with Gasteiger partial charge in [-0.2, -0.15) is 4.98 Å². The van der Waals surface area contributed by atoms with Crippen LogP contribution < -0.4 is 4.74 Å². The number of halogens is 3. The smallest absolute Gasteiger partial charge is 0.287 e. The van der Waals surface area contributed by atoms with E-state index in [9.17, 15) is 10.1 Å². The van der Waals surface area contributed by atoms with E-state index in [4.69, 9.17) is 27.9 Å². The summed E-state index contributed by atoms with van der Waals surface area (Å²) in [6, 6.07) is 4.35. The zero-order chi connectivity index (χ0) is 14.0. The summed E-state index contributed by atoms with van der Waals surface area (Å²) in [5, 5.41) is 10.9. The molecule has 1 heterocycles. The molecule has 9 heteroatoms. The minimum atomic E-state index is -0.536. The van der Waals surface area contributed by atoms with Gasteiger partial charge in [-0.3, -0.25) is 10.1 Å². The first-order valence-electron chi connectivity index (χ1n) is 4.78. The summed E-state index contributed by atoms with van der Waals surface area (Å²) in [5.41, 5.74) is -0.131. The van der Waals surface area contributed by atoms with Gasteiger partial charge in [0.2, 0.25) is 11.2 Å². The SMILES string of the molecule is O=[N+]([O-])c1cccc(Oc2nc(Cl)ncc2Cl)c1Br. The normalized spacial score (nSPS) is 10.3. The Hall–Kier alpha value is -1.44. The van der Waals surface area contributed by atoms with Gasteiger partial charge in [-0.25, -0.2) is 4.98 Å². The summed E-state index contributed by atoms with van der Waals surface area (Å²) in [5.74, 6) is 0.216. The zero-order valence-corrected chi connectivity index (χ0v) is 12.1. The summed E-state index contributed by atoms with van der Waals surface area (Å²) < 4.78 is 5.58. The van der Waals surface area contributed by atoms with Gasteiger partial charge >= 0.3 is 0 Å². The molecular weight excluding hydrogens is 361 g/mol. The first-order valence-corrected chi connectivity index (χ1v) is 6.32. The second-order valence-electron chi connectivity index (χ2n) is 3.24. The Kier molecular flexibility index (Phi) is 4.18. The molecule has 0 unspecified atom stereocenters. The lowest BCUT2D eigenvalue weighted by atomic mass is 10.3. The minimum Gasteiger partial charge on any atom is -0.436 e. The third-order valence-electron chi connectivity index (χ3n) is 2.03. The Morgan fingerprint density at radius 1 is 1.37 bits per heavy atom. The van der Waals surface area contributed by atoms with Gasteiger partial charge in [-0.15, -0.1) is 0 Å². The van der Waals surface area contributed by atoms with E-state index in [0.717, 1.165) is 0 Å². The molecule has 2 aromatic rings. The van der Waals surface area contributed by atoms with Gasteiger partial charge in [0.15, 0.2) is 5.75 Å². The van der Waals surface area contributed by atoms with E-state index in [0.29, 0.717) is 0 Å². The van der Waals surface area contributed by atoms with E-state index in [1.54, 1.807) is 0 Å². The van der Waals surface area contributed by atoms with Crippen LogP contribution in [0.4, 0.5) is 5.69 Å². The van der Waals surface area contributed by atoms with E-state index < -0.39 is 4.92 Å². The lowest BCUT2D eigenvalue weighted by Crippen LogP contribution is -1.95. The van der Waals surface area contributed by atoms with E-state index in [-0.39, 0.29) is 32.1 Å². The second-order valence-corrected chi connectivity index (χ2v) is 4.78. The first-order chi connectivity index (χ1) is 8.99. The first kappa shape index (κ1) is 14.0. The summed E-state index contributed by atoms with van der Waals surface area (Å²) in [6.45, 7) is 0. The predicted octanol–water partition coefficient (Wildman–Crippen LogP) is 4.25. The Balaban J connectivity index is 2.41. The van der Waals surface area contributed by atoms with Crippen LogP contribution in [0, 0.1) is 10.1 Å². The molecule has 0 N–H and O–H groups in total. The Bertz CT molecular complexity index is 654. The fourth-order valence-electron chi connectivity index (χ4n) is 1.23. The van der Waals surface area contributed by atoms with Crippen LogP contribution in [-0.4, -0.2) is 14.9 Å². The van der Waals surface area contributed by atoms with Crippen LogP contribution >= 0.6 is 39.1 Å². The molecular formula is C10H4BrCl2N3O3. The highest BCUT2D eigenvalue weighted by atomic mass is 79.9. The van der Waals surface area contributed by atoms with E-state index in [1.165, 1.54) is 24.4 Å². The number of rotatable bonds is 3. The molecule has 0 saturated carbocycles. The van der Waals surface area contributed by atoms with Crippen LogP contribution in [0.1, 0.15) is 0 Å². The van der Waals surface area contributed by atoms with Crippen molar-refractivity contribution in [3.63, 3.8) is 0 Å². The molecule has 1 aromatic carbocycles. The molecule has 98 valence electrons. The molecule has 2 rings (SSSR count). The lowest BCUT2D eigenvalue weighted by molar-refractivity contribution is -0.385. The number of ether oxygens (including phenoxy) is 1. The van der Waals surface area contributed by atoms with Gasteiger partial charge in [0.05, 0.1) is 11.1 Å². The van der Waals surface area contributed by atoms with Crippen LogP contribution in [0.15, 0.2) is 28.9 Å².